The highest BCUT2D eigenvalue weighted by molar-refractivity contribution is 6.24. The van der Waals surface area contributed by atoms with Gasteiger partial charge in [0.2, 0.25) is 0 Å². The summed E-state index contributed by atoms with van der Waals surface area (Å²) < 4.78 is 16.1. The lowest BCUT2D eigenvalue weighted by molar-refractivity contribution is -0.149. The van der Waals surface area contributed by atoms with Gasteiger partial charge in [-0.15, -0.1) is 0 Å². The minimum Gasteiger partial charge on any atom is -0.496 e. The van der Waals surface area contributed by atoms with E-state index >= 15 is 0 Å². The van der Waals surface area contributed by atoms with Crippen LogP contribution in [0.3, 0.4) is 0 Å². The summed E-state index contributed by atoms with van der Waals surface area (Å²) in [4.78, 5) is 36.2. The number of fused-ring (bicyclic) bond motifs is 1. The Morgan fingerprint density at radius 1 is 1.04 bits per heavy atom. The Bertz CT molecular complexity index is 717. The standard InChI is InChI=1S/C18H20O6/c1-5-13(24-15(21)6-2)10-9-14(22-3)16-11(19)7-8-12(20)17(16)18(10)23-4/h7-9,13H,5-6H2,1-4H3. The van der Waals surface area contributed by atoms with E-state index in [1.54, 1.807) is 13.0 Å². The quantitative estimate of drug-likeness (QED) is 0.745. The molecule has 2 rings (SSSR count). The number of methoxy groups -OCH3 is 2. The van der Waals surface area contributed by atoms with Crippen molar-refractivity contribution in [2.45, 2.75) is 32.8 Å². The second-order valence-electron chi connectivity index (χ2n) is 5.25. The first kappa shape index (κ1) is 17.7. The van der Waals surface area contributed by atoms with E-state index in [-0.39, 0.29) is 46.6 Å². The summed E-state index contributed by atoms with van der Waals surface area (Å²) in [6, 6.07) is 1.60. The van der Waals surface area contributed by atoms with Crippen molar-refractivity contribution >= 4 is 17.5 Å². The van der Waals surface area contributed by atoms with Gasteiger partial charge in [0.1, 0.15) is 17.6 Å². The average molecular weight is 332 g/mol. The van der Waals surface area contributed by atoms with Crippen LogP contribution in [0.4, 0.5) is 0 Å². The largest absolute Gasteiger partial charge is 0.496 e. The zero-order chi connectivity index (χ0) is 17.9. The fraction of sp³-hybridized carbons (Fsp3) is 0.389. The van der Waals surface area contributed by atoms with Crippen LogP contribution >= 0.6 is 0 Å². The minimum absolute atomic E-state index is 0.144. The molecule has 0 spiro atoms. The van der Waals surface area contributed by atoms with Gasteiger partial charge in [0.25, 0.3) is 0 Å². The predicted octanol–water partition coefficient (Wildman–Crippen LogP) is 3.04. The summed E-state index contributed by atoms with van der Waals surface area (Å²) in [6.07, 6.45) is 2.54. The Morgan fingerprint density at radius 2 is 1.67 bits per heavy atom. The Balaban J connectivity index is 2.70. The fourth-order valence-electron chi connectivity index (χ4n) is 2.69. The molecule has 1 aromatic rings. The molecule has 0 saturated carbocycles. The van der Waals surface area contributed by atoms with Crippen molar-refractivity contribution in [2.75, 3.05) is 14.2 Å². The molecule has 0 aromatic heterocycles. The van der Waals surface area contributed by atoms with E-state index in [1.165, 1.54) is 26.4 Å². The molecule has 0 bridgehead atoms. The normalized spacial score (nSPS) is 14.2. The molecular formula is C18H20O6. The Kier molecular flexibility index (Phi) is 5.39. The predicted molar refractivity (Wildman–Crippen MR) is 86.8 cm³/mol. The topological polar surface area (TPSA) is 78.9 Å². The van der Waals surface area contributed by atoms with Crippen molar-refractivity contribution in [3.8, 4) is 11.5 Å². The molecule has 0 saturated heterocycles. The summed E-state index contributed by atoms with van der Waals surface area (Å²) in [5.74, 6) is -0.537. The molecule has 1 aliphatic carbocycles. The lowest BCUT2D eigenvalue weighted by Gasteiger charge is -2.24. The van der Waals surface area contributed by atoms with Crippen LogP contribution in [0.25, 0.3) is 0 Å². The average Bonchev–Trinajstić information content (AvgIpc) is 2.60. The number of hydrogen-bond donors (Lipinski definition) is 0. The van der Waals surface area contributed by atoms with E-state index < -0.39 is 6.10 Å². The molecule has 0 N–H and O–H groups in total. The van der Waals surface area contributed by atoms with E-state index in [0.29, 0.717) is 12.0 Å². The van der Waals surface area contributed by atoms with E-state index in [9.17, 15) is 14.4 Å². The molecular weight excluding hydrogens is 312 g/mol. The van der Waals surface area contributed by atoms with Crippen molar-refractivity contribution in [2.24, 2.45) is 0 Å². The van der Waals surface area contributed by atoms with Crippen LogP contribution in [0.15, 0.2) is 18.2 Å². The van der Waals surface area contributed by atoms with Crippen LogP contribution in [-0.2, 0) is 9.53 Å². The van der Waals surface area contributed by atoms with Crippen LogP contribution in [0.1, 0.15) is 59.1 Å². The third kappa shape index (κ3) is 3.04. The van der Waals surface area contributed by atoms with E-state index in [2.05, 4.69) is 0 Å². The highest BCUT2D eigenvalue weighted by Gasteiger charge is 2.32. The second-order valence-corrected chi connectivity index (χ2v) is 5.25. The molecule has 1 unspecified atom stereocenters. The Labute approximate surface area is 140 Å². The number of carbonyl (C=O) groups is 3. The minimum atomic E-state index is -0.597. The summed E-state index contributed by atoms with van der Waals surface area (Å²) in [6.45, 7) is 3.55. The maximum Gasteiger partial charge on any atom is 0.306 e. The molecule has 1 aliphatic rings. The first-order valence-electron chi connectivity index (χ1n) is 7.73. The third-order valence-corrected chi connectivity index (χ3v) is 3.86. The number of esters is 1. The van der Waals surface area contributed by atoms with Gasteiger partial charge in [-0.05, 0) is 24.6 Å². The molecule has 1 atom stereocenters. The molecule has 1 aromatic carbocycles. The number of benzene rings is 1. The first-order valence-corrected chi connectivity index (χ1v) is 7.73. The molecule has 0 amide bonds. The highest BCUT2D eigenvalue weighted by Crippen LogP contribution is 2.41. The van der Waals surface area contributed by atoms with E-state index in [1.807, 2.05) is 6.92 Å². The van der Waals surface area contributed by atoms with Crippen molar-refractivity contribution < 1.29 is 28.6 Å². The summed E-state index contributed by atoms with van der Waals surface area (Å²) in [7, 11) is 2.83. The van der Waals surface area contributed by atoms with Gasteiger partial charge in [0, 0.05) is 12.0 Å². The number of ether oxygens (including phenoxy) is 3. The van der Waals surface area contributed by atoms with E-state index in [0.717, 1.165) is 0 Å². The monoisotopic (exact) mass is 332 g/mol. The van der Waals surface area contributed by atoms with Crippen molar-refractivity contribution in [1.29, 1.82) is 0 Å². The smallest absolute Gasteiger partial charge is 0.306 e. The molecule has 6 heteroatoms. The fourth-order valence-corrected chi connectivity index (χ4v) is 2.69. The highest BCUT2D eigenvalue weighted by atomic mass is 16.5. The van der Waals surface area contributed by atoms with Gasteiger partial charge in [0.05, 0.1) is 25.3 Å². The molecule has 0 fully saturated rings. The lowest BCUT2D eigenvalue weighted by atomic mass is 9.89. The van der Waals surface area contributed by atoms with Crippen molar-refractivity contribution in [3.63, 3.8) is 0 Å². The zero-order valence-corrected chi connectivity index (χ0v) is 14.2. The summed E-state index contributed by atoms with van der Waals surface area (Å²) in [5.41, 5.74) is 0.821. The van der Waals surface area contributed by atoms with Crippen molar-refractivity contribution in [3.05, 3.63) is 34.9 Å². The van der Waals surface area contributed by atoms with Crippen LogP contribution in [-0.4, -0.2) is 31.8 Å². The molecule has 128 valence electrons. The van der Waals surface area contributed by atoms with Gasteiger partial charge in [-0.1, -0.05) is 13.8 Å². The first-order chi connectivity index (χ1) is 11.5. The van der Waals surface area contributed by atoms with Crippen LogP contribution in [0.5, 0.6) is 11.5 Å². The maximum absolute atomic E-state index is 12.3. The zero-order valence-electron chi connectivity index (χ0n) is 14.2. The van der Waals surface area contributed by atoms with Crippen LogP contribution < -0.4 is 9.47 Å². The molecule has 0 aliphatic heterocycles. The Morgan fingerprint density at radius 3 is 2.17 bits per heavy atom. The van der Waals surface area contributed by atoms with E-state index in [4.69, 9.17) is 14.2 Å². The number of ketones is 2. The van der Waals surface area contributed by atoms with Crippen LogP contribution in [0.2, 0.25) is 0 Å². The number of rotatable bonds is 6. The van der Waals surface area contributed by atoms with Gasteiger partial charge in [0.15, 0.2) is 11.6 Å². The van der Waals surface area contributed by atoms with Gasteiger partial charge >= 0.3 is 5.97 Å². The van der Waals surface area contributed by atoms with Gasteiger partial charge in [-0.3, -0.25) is 14.4 Å². The number of carbonyl (C=O) groups excluding carboxylic acids is 3. The molecule has 0 heterocycles. The maximum atomic E-state index is 12.3. The van der Waals surface area contributed by atoms with Crippen LogP contribution in [0, 0.1) is 0 Å². The Hall–Kier alpha value is -2.63. The SMILES string of the molecule is CCC(=O)OC(CC)c1cc(OC)c2c(c1OC)C(=O)C=CC2=O. The van der Waals surface area contributed by atoms with Gasteiger partial charge in [-0.25, -0.2) is 0 Å². The summed E-state index contributed by atoms with van der Waals surface area (Å²) >= 11 is 0. The molecule has 0 radical (unpaired) electrons. The summed E-state index contributed by atoms with van der Waals surface area (Å²) in [5, 5.41) is 0. The number of allylic oxidation sites excluding steroid dienone is 2. The molecule has 24 heavy (non-hydrogen) atoms. The lowest BCUT2D eigenvalue weighted by Crippen LogP contribution is -2.18. The third-order valence-electron chi connectivity index (χ3n) is 3.86. The number of hydrogen-bond acceptors (Lipinski definition) is 6. The second kappa shape index (κ2) is 7.29. The van der Waals surface area contributed by atoms with Gasteiger partial charge in [-0.2, -0.15) is 0 Å². The van der Waals surface area contributed by atoms with Gasteiger partial charge < -0.3 is 14.2 Å². The molecule has 6 nitrogen and oxygen atoms in total. The van der Waals surface area contributed by atoms with Crippen molar-refractivity contribution in [1.82, 2.24) is 0 Å².